The molecule has 41 heavy (non-hydrogen) atoms. The van der Waals surface area contributed by atoms with Crippen molar-refractivity contribution >= 4 is 25.4 Å². The molecule has 1 amide bonds. The van der Waals surface area contributed by atoms with Gasteiger partial charge in [0, 0.05) is 43.4 Å². The number of aromatic nitrogens is 3. The summed E-state index contributed by atoms with van der Waals surface area (Å²) in [6.07, 6.45) is 1.20. The minimum atomic E-state index is -1.99. The van der Waals surface area contributed by atoms with E-state index in [4.69, 9.17) is 23.4 Å². The summed E-state index contributed by atoms with van der Waals surface area (Å²) >= 11 is 0. The zero-order valence-corrected chi connectivity index (χ0v) is 27.5. The topological polar surface area (TPSA) is 101 Å². The summed E-state index contributed by atoms with van der Waals surface area (Å²) in [5, 5.41) is 7.18. The molecular weight excluding hydrogens is 536 g/mol. The Bertz CT molecular complexity index is 1340. The van der Waals surface area contributed by atoms with Gasteiger partial charge in [0.15, 0.2) is 20.2 Å². The second kappa shape index (κ2) is 11.9. The lowest BCUT2D eigenvalue weighted by atomic mass is 10.0. The molecule has 0 bridgehead atoms. The predicted octanol–water partition coefficient (Wildman–Crippen LogP) is 7.64. The van der Waals surface area contributed by atoms with E-state index in [1.165, 1.54) is 0 Å². The van der Waals surface area contributed by atoms with Crippen LogP contribution in [0.2, 0.25) is 18.1 Å². The summed E-state index contributed by atoms with van der Waals surface area (Å²) in [6.45, 7) is 22.7. The predicted molar refractivity (Wildman–Crippen MR) is 164 cm³/mol. The normalized spacial score (nSPS) is 16.2. The van der Waals surface area contributed by atoms with Gasteiger partial charge in [0.05, 0.1) is 16.7 Å². The molecule has 1 atom stereocenters. The van der Waals surface area contributed by atoms with E-state index in [0.717, 1.165) is 52.3 Å². The number of imidazole rings is 1. The van der Waals surface area contributed by atoms with E-state index in [2.05, 4.69) is 67.1 Å². The lowest BCUT2D eigenvalue weighted by Crippen LogP contribution is -2.42. The van der Waals surface area contributed by atoms with Gasteiger partial charge < -0.3 is 28.3 Å². The van der Waals surface area contributed by atoms with Crippen molar-refractivity contribution < 1.29 is 23.2 Å². The molecule has 0 unspecified atom stereocenters. The van der Waals surface area contributed by atoms with Crippen LogP contribution >= 0.6 is 0 Å². The third-order valence-electron chi connectivity index (χ3n) is 8.26. The van der Waals surface area contributed by atoms with Gasteiger partial charge in [-0.05, 0) is 83.3 Å². The molecule has 1 N–H and O–H groups in total. The first-order chi connectivity index (χ1) is 19.1. The van der Waals surface area contributed by atoms with Crippen molar-refractivity contribution in [2.24, 2.45) is 0 Å². The fraction of sp³-hybridized carbons (Fsp3) is 0.645. The Kier molecular flexibility index (Phi) is 9.06. The number of hydrogen-bond acceptors (Lipinski definition) is 7. The first-order valence-electron chi connectivity index (χ1n) is 14.7. The molecule has 9 nitrogen and oxygen atoms in total. The van der Waals surface area contributed by atoms with E-state index >= 15 is 0 Å². The maximum absolute atomic E-state index is 13.1. The largest absolute Gasteiger partial charge is 0.438 e. The Morgan fingerprint density at radius 2 is 1.83 bits per heavy atom. The van der Waals surface area contributed by atoms with Crippen molar-refractivity contribution in [1.82, 2.24) is 20.0 Å². The number of nitrogens with one attached hydrogen (secondary N) is 1. The molecule has 4 rings (SSSR count). The van der Waals surface area contributed by atoms with Crippen LogP contribution in [0.3, 0.4) is 0 Å². The molecule has 1 fully saturated rings. The van der Waals surface area contributed by atoms with Gasteiger partial charge in [-0.2, -0.15) is 0 Å². The average Bonchev–Trinajstić information content (AvgIpc) is 3.40. The van der Waals surface area contributed by atoms with Crippen molar-refractivity contribution in [3.63, 3.8) is 0 Å². The standard InChI is InChI=1S/C31H48N4O5Si/c1-20-27(21(2)40-34-20)22-11-12-25-24(19-22)32-28(35(25)23-13-16-37-17-14-23)26(39-29(36)33-30(3,4)5)15-18-38-41(9,10)31(6,7)8/h11-12,19,23,26H,13-18H2,1-10H3,(H,33,36)/t26-/m0/s1. The maximum atomic E-state index is 13.1. The van der Waals surface area contributed by atoms with Crippen LogP contribution in [0.15, 0.2) is 22.7 Å². The van der Waals surface area contributed by atoms with Crippen LogP contribution in [0.5, 0.6) is 0 Å². The maximum Gasteiger partial charge on any atom is 0.408 e. The van der Waals surface area contributed by atoms with Crippen molar-refractivity contribution in [3.05, 3.63) is 35.5 Å². The third-order valence-corrected chi connectivity index (χ3v) is 12.8. The monoisotopic (exact) mass is 584 g/mol. The molecule has 1 saturated heterocycles. The van der Waals surface area contributed by atoms with Gasteiger partial charge in [0.25, 0.3) is 0 Å². The van der Waals surface area contributed by atoms with Crippen LogP contribution in [-0.4, -0.2) is 54.5 Å². The van der Waals surface area contributed by atoms with Gasteiger partial charge in [0.2, 0.25) is 0 Å². The highest BCUT2D eigenvalue weighted by atomic mass is 28.4. The number of fused-ring (bicyclic) bond motifs is 1. The van der Waals surface area contributed by atoms with E-state index in [-0.39, 0.29) is 11.1 Å². The molecule has 3 aromatic rings. The number of benzene rings is 1. The molecule has 10 heteroatoms. The average molecular weight is 585 g/mol. The van der Waals surface area contributed by atoms with Crippen molar-refractivity contribution in [2.45, 2.75) is 110 Å². The molecule has 0 radical (unpaired) electrons. The summed E-state index contributed by atoms with van der Waals surface area (Å²) in [5.74, 6) is 1.51. The molecule has 0 saturated carbocycles. The number of amides is 1. The van der Waals surface area contributed by atoms with E-state index in [9.17, 15) is 4.79 Å². The SMILES string of the molecule is Cc1noc(C)c1-c1ccc2c(c1)nc([C@H](CCO[Si](C)(C)C(C)(C)C)OC(=O)NC(C)(C)C)n2C1CCOCC1. The Morgan fingerprint density at radius 3 is 2.41 bits per heavy atom. The van der Waals surface area contributed by atoms with Crippen molar-refractivity contribution in [1.29, 1.82) is 0 Å². The third kappa shape index (κ3) is 7.21. The van der Waals surface area contributed by atoms with Gasteiger partial charge in [-0.3, -0.25) is 0 Å². The van der Waals surface area contributed by atoms with Gasteiger partial charge in [-0.1, -0.05) is 32.0 Å². The molecule has 0 spiro atoms. The molecule has 0 aliphatic carbocycles. The molecule has 1 aliphatic heterocycles. The fourth-order valence-corrected chi connectivity index (χ4v) is 6.13. The number of carbonyl (C=O) groups is 1. The first-order valence-corrected chi connectivity index (χ1v) is 17.6. The van der Waals surface area contributed by atoms with Gasteiger partial charge in [0.1, 0.15) is 5.76 Å². The first kappa shape index (κ1) is 31.2. The summed E-state index contributed by atoms with van der Waals surface area (Å²) < 4.78 is 26.1. The van der Waals surface area contributed by atoms with E-state index in [1.807, 2.05) is 34.6 Å². The highest BCUT2D eigenvalue weighted by Crippen LogP contribution is 2.39. The summed E-state index contributed by atoms with van der Waals surface area (Å²) in [5.41, 5.74) is 4.25. The minimum Gasteiger partial charge on any atom is -0.438 e. The zero-order chi connectivity index (χ0) is 30.2. The number of hydrogen-bond donors (Lipinski definition) is 1. The second-order valence-electron chi connectivity index (χ2n) is 13.8. The van der Waals surface area contributed by atoms with Crippen molar-refractivity contribution in [3.8, 4) is 11.1 Å². The highest BCUT2D eigenvalue weighted by molar-refractivity contribution is 6.74. The minimum absolute atomic E-state index is 0.0802. The number of rotatable bonds is 8. The van der Waals surface area contributed by atoms with Crippen LogP contribution in [-0.2, 0) is 13.9 Å². The number of aryl methyl sites for hydroxylation is 2. The van der Waals surface area contributed by atoms with E-state index in [0.29, 0.717) is 26.2 Å². The van der Waals surface area contributed by atoms with Crippen LogP contribution in [0.1, 0.15) is 90.2 Å². The molecule has 2 aromatic heterocycles. The molecular formula is C31H48N4O5Si. The number of ether oxygens (including phenoxy) is 2. The Balaban J connectivity index is 1.77. The van der Waals surface area contributed by atoms with Crippen LogP contribution in [0, 0.1) is 13.8 Å². The highest BCUT2D eigenvalue weighted by Gasteiger charge is 2.38. The Morgan fingerprint density at radius 1 is 1.15 bits per heavy atom. The molecule has 1 aliphatic rings. The molecule has 1 aromatic carbocycles. The lowest BCUT2D eigenvalue weighted by Gasteiger charge is -2.36. The smallest absolute Gasteiger partial charge is 0.408 e. The quantitative estimate of drug-likeness (QED) is 0.272. The van der Waals surface area contributed by atoms with Crippen LogP contribution < -0.4 is 5.32 Å². The van der Waals surface area contributed by atoms with Crippen LogP contribution in [0.25, 0.3) is 22.2 Å². The van der Waals surface area contributed by atoms with Crippen molar-refractivity contribution in [2.75, 3.05) is 19.8 Å². The summed E-state index contributed by atoms with van der Waals surface area (Å²) in [7, 11) is -1.99. The molecule has 226 valence electrons. The second-order valence-corrected chi connectivity index (χ2v) is 18.6. The fourth-order valence-electron chi connectivity index (χ4n) is 5.07. The summed E-state index contributed by atoms with van der Waals surface area (Å²) in [4.78, 5) is 18.3. The van der Waals surface area contributed by atoms with E-state index in [1.54, 1.807) is 0 Å². The Labute approximate surface area is 245 Å². The van der Waals surface area contributed by atoms with Gasteiger partial charge in [-0.15, -0.1) is 0 Å². The number of carbonyl (C=O) groups excluding carboxylic acids is 1. The summed E-state index contributed by atoms with van der Waals surface area (Å²) in [6, 6.07) is 6.48. The lowest BCUT2D eigenvalue weighted by molar-refractivity contribution is 0.0547. The molecule has 3 heterocycles. The van der Waals surface area contributed by atoms with Gasteiger partial charge >= 0.3 is 6.09 Å². The van der Waals surface area contributed by atoms with Crippen LogP contribution in [0.4, 0.5) is 4.79 Å². The van der Waals surface area contributed by atoms with Gasteiger partial charge in [-0.25, -0.2) is 9.78 Å². The van der Waals surface area contributed by atoms with E-state index < -0.39 is 26.1 Å². The number of nitrogens with zero attached hydrogens (tertiary/aromatic N) is 3. The zero-order valence-electron chi connectivity index (χ0n) is 26.5. The Hall–Kier alpha value is -2.69. The number of alkyl carbamates (subject to hydrolysis) is 1.